The van der Waals surface area contributed by atoms with Crippen LogP contribution >= 0.6 is 0 Å². The first-order valence-electron chi connectivity index (χ1n) is 8.24. The smallest absolute Gasteiger partial charge is 0.226 e. The van der Waals surface area contributed by atoms with Crippen LogP contribution < -0.4 is 5.32 Å². The highest BCUT2D eigenvalue weighted by Gasteiger charge is 2.32. The van der Waals surface area contributed by atoms with Crippen molar-refractivity contribution >= 4 is 5.91 Å². The van der Waals surface area contributed by atoms with Crippen LogP contribution in [0.1, 0.15) is 49.8 Å². The summed E-state index contributed by atoms with van der Waals surface area (Å²) in [5, 5.41) is 3.43. The van der Waals surface area contributed by atoms with E-state index in [0.29, 0.717) is 11.9 Å². The number of benzene rings is 1. The second-order valence-corrected chi connectivity index (χ2v) is 6.63. The summed E-state index contributed by atoms with van der Waals surface area (Å²) >= 11 is 0. The van der Waals surface area contributed by atoms with E-state index in [1.54, 1.807) is 0 Å². The maximum atomic E-state index is 12.9. The van der Waals surface area contributed by atoms with E-state index in [4.69, 9.17) is 0 Å². The summed E-state index contributed by atoms with van der Waals surface area (Å²) in [5.74, 6) is 0.533. The van der Waals surface area contributed by atoms with E-state index in [0.717, 1.165) is 32.2 Å². The van der Waals surface area contributed by atoms with Gasteiger partial charge in [0, 0.05) is 19.0 Å². The molecule has 0 spiro atoms. The van der Waals surface area contributed by atoms with Crippen molar-refractivity contribution in [2.45, 2.75) is 51.1 Å². The zero-order valence-electron chi connectivity index (χ0n) is 13.1. The molecule has 0 bridgehead atoms. The van der Waals surface area contributed by atoms with Crippen LogP contribution in [0.4, 0.5) is 0 Å². The molecule has 114 valence electrons. The van der Waals surface area contributed by atoms with Gasteiger partial charge in [-0.15, -0.1) is 0 Å². The minimum atomic E-state index is 0.195. The van der Waals surface area contributed by atoms with E-state index >= 15 is 0 Å². The third kappa shape index (κ3) is 2.98. The second-order valence-electron chi connectivity index (χ2n) is 6.63. The fraction of sp³-hybridized carbons (Fsp3) is 0.611. The van der Waals surface area contributed by atoms with Crippen molar-refractivity contribution in [1.82, 2.24) is 10.2 Å². The summed E-state index contributed by atoms with van der Waals surface area (Å²) < 4.78 is 0. The summed E-state index contributed by atoms with van der Waals surface area (Å²) in [6.45, 7) is 3.14. The zero-order valence-corrected chi connectivity index (χ0v) is 13.1. The number of hydrogen-bond donors (Lipinski definition) is 1. The molecule has 1 saturated heterocycles. The summed E-state index contributed by atoms with van der Waals surface area (Å²) in [6, 6.07) is 9.35. The largest absolute Gasteiger partial charge is 0.338 e. The molecule has 2 aliphatic rings. The molecular formula is C18H26N2O. The lowest BCUT2D eigenvalue weighted by Gasteiger charge is -2.37. The monoisotopic (exact) mass is 286 g/mol. The molecule has 1 N–H and O–H groups in total. The molecule has 0 radical (unpaired) electrons. The average molecular weight is 286 g/mol. The third-order valence-electron chi connectivity index (χ3n) is 5.13. The zero-order chi connectivity index (χ0) is 14.8. The number of fused-ring (bicyclic) bond motifs is 1. The topological polar surface area (TPSA) is 32.3 Å². The van der Waals surface area contributed by atoms with Gasteiger partial charge in [-0.3, -0.25) is 4.79 Å². The second kappa shape index (κ2) is 6.18. The molecule has 3 nitrogen and oxygen atoms in total. The van der Waals surface area contributed by atoms with E-state index in [-0.39, 0.29) is 12.0 Å². The fourth-order valence-corrected chi connectivity index (χ4v) is 3.93. The Morgan fingerprint density at radius 2 is 2.10 bits per heavy atom. The van der Waals surface area contributed by atoms with Crippen LogP contribution in [0.15, 0.2) is 24.3 Å². The number of nitrogens with one attached hydrogen (secondary N) is 1. The number of carbonyl (C=O) groups excluding carboxylic acids is 1. The minimum Gasteiger partial charge on any atom is -0.338 e. The highest BCUT2D eigenvalue weighted by molar-refractivity contribution is 5.79. The van der Waals surface area contributed by atoms with Crippen molar-refractivity contribution in [3.8, 4) is 0 Å². The van der Waals surface area contributed by atoms with Crippen LogP contribution in [0, 0.1) is 5.92 Å². The number of amides is 1. The Morgan fingerprint density at radius 3 is 2.90 bits per heavy atom. The Hall–Kier alpha value is -1.35. The number of rotatable bonds is 2. The highest BCUT2D eigenvalue weighted by atomic mass is 16.2. The Kier molecular flexibility index (Phi) is 4.29. The minimum absolute atomic E-state index is 0.195. The van der Waals surface area contributed by atoms with Crippen molar-refractivity contribution in [2.75, 3.05) is 13.6 Å². The van der Waals surface area contributed by atoms with Crippen molar-refractivity contribution in [3.05, 3.63) is 35.4 Å². The molecule has 1 aromatic rings. The van der Waals surface area contributed by atoms with Gasteiger partial charge in [0.25, 0.3) is 0 Å². The van der Waals surface area contributed by atoms with Gasteiger partial charge >= 0.3 is 0 Å². The van der Waals surface area contributed by atoms with Crippen LogP contribution in [-0.4, -0.2) is 30.4 Å². The van der Waals surface area contributed by atoms with Crippen molar-refractivity contribution in [1.29, 1.82) is 0 Å². The van der Waals surface area contributed by atoms with Gasteiger partial charge in [0.1, 0.15) is 0 Å². The maximum Gasteiger partial charge on any atom is 0.226 e. The number of piperidine rings is 1. The van der Waals surface area contributed by atoms with Gasteiger partial charge in [-0.05, 0) is 56.7 Å². The van der Waals surface area contributed by atoms with Crippen LogP contribution in [0.3, 0.4) is 0 Å². The van der Waals surface area contributed by atoms with E-state index < -0.39 is 0 Å². The fourth-order valence-electron chi connectivity index (χ4n) is 3.93. The quantitative estimate of drug-likeness (QED) is 0.906. The van der Waals surface area contributed by atoms with Gasteiger partial charge in [0.05, 0.1) is 6.04 Å². The van der Waals surface area contributed by atoms with Crippen LogP contribution in [0.25, 0.3) is 0 Å². The normalized spacial score (nSPS) is 28.8. The summed E-state index contributed by atoms with van der Waals surface area (Å²) in [5.41, 5.74) is 2.79. The molecule has 1 amide bonds. The molecule has 3 atom stereocenters. The van der Waals surface area contributed by atoms with Gasteiger partial charge < -0.3 is 10.2 Å². The SMILES string of the molecule is CC1CC(C(=O)N(C)C2CCCc3ccccc32)CCN1. The Labute approximate surface area is 127 Å². The van der Waals surface area contributed by atoms with Gasteiger partial charge in [0.15, 0.2) is 0 Å². The maximum absolute atomic E-state index is 12.9. The predicted molar refractivity (Wildman–Crippen MR) is 85.1 cm³/mol. The van der Waals surface area contributed by atoms with E-state index in [2.05, 4.69) is 36.5 Å². The molecule has 1 fully saturated rings. The molecule has 0 saturated carbocycles. The first-order valence-corrected chi connectivity index (χ1v) is 8.24. The molecular weight excluding hydrogens is 260 g/mol. The summed E-state index contributed by atoms with van der Waals surface area (Å²) in [7, 11) is 2.00. The first kappa shape index (κ1) is 14.6. The van der Waals surface area contributed by atoms with E-state index in [1.807, 2.05) is 11.9 Å². The van der Waals surface area contributed by atoms with Crippen molar-refractivity contribution < 1.29 is 4.79 Å². The Balaban J connectivity index is 1.76. The summed E-state index contributed by atoms with van der Waals surface area (Å²) in [4.78, 5) is 14.9. The first-order chi connectivity index (χ1) is 10.2. The third-order valence-corrected chi connectivity index (χ3v) is 5.13. The highest BCUT2D eigenvalue weighted by Crippen LogP contribution is 2.34. The number of nitrogens with zero attached hydrogens (tertiary/aromatic N) is 1. The van der Waals surface area contributed by atoms with E-state index in [9.17, 15) is 4.79 Å². The molecule has 1 aliphatic carbocycles. The number of carbonyl (C=O) groups is 1. The molecule has 3 heteroatoms. The molecule has 1 aromatic carbocycles. The molecule has 3 rings (SSSR count). The Bertz CT molecular complexity index is 514. The van der Waals surface area contributed by atoms with Gasteiger partial charge in [-0.1, -0.05) is 24.3 Å². The molecule has 1 aliphatic heterocycles. The molecule has 1 heterocycles. The van der Waals surface area contributed by atoms with Crippen LogP contribution in [0.5, 0.6) is 0 Å². The van der Waals surface area contributed by atoms with Crippen molar-refractivity contribution in [3.63, 3.8) is 0 Å². The van der Waals surface area contributed by atoms with Gasteiger partial charge in [-0.2, -0.15) is 0 Å². The average Bonchev–Trinajstić information content (AvgIpc) is 2.53. The molecule has 0 aromatic heterocycles. The number of aryl methyl sites for hydroxylation is 1. The molecule has 3 unspecified atom stereocenters. The predicted octanol–water partition coefficient (Wildman–Crippen LogP) is 2.91. The van der Waals surface area contributed by atoms with Crippen LogP contribution in [0.2, 0.25) is 0 Å². The van der Waals surface area contributed by atoms with Crippen LogP contribution in [-0.2, 0) is 11.2 Å². The Morgan fingerprint density at radius 1 is 1.29 bits per heavy atom. The van der Waals surface area contributed by atoms with Gasteiger partial charge in [-0.25, -0.2) is 0 Å². The van der Waals surface area contributed by atoms with Crippen molar-refractivity contribution in [2.24, 2.45) is 5.92 Å². The van der Waals surface area contributed by atoms with E-state index in [1.165, 1.54) is 17.5 Å². The molecule has 21 heavy (non-hydrogen) atoms. The lowest BCUT2D eigenvalue weighted by atomic mass is 9.85. The summed E-state index contributed by atoms with van der Waals surface area (Å²) in [6.07, 6.45) is 5.38. The van der Waals surface area contributed by atoms with Gasteiger partial charge in [0.2, 0.25) is 5.91 Å². The number of hydrogen-bond acceptors (Lipinski definition) is 2. The standard InChI is InChI=1S/C18H26N2O/c1-13-12-15(10-11-19-13)18(21)20(2)17-9-5-7-14-6-3-4-8-16(14)17/h3-4,6,8,13,15,17,19H,5,7,9-12H2,1-2H3. The lowest BCUT2D eigenvalue weighted by molar-refractivity contribution is -0.138. The lowest BCUT2D eigenvalue weighted by Crippen LogP contribution is -2.44.